The van der Waals surface area contributed by atoms with Crippen LogP contribution in [0, 0.1) is 6.92 Å². The minimum absolute atomic E-state index is 0.0511. The number of benzene rings is 2. The summed E-state index contributed by atoms with van der Waals surface area (Å²) in [6.45, 7) is 4.19. The van der Waals surface area contributed by atoms with Crippen LogP contribution >= 0.6 is 0 Å². The molecule has 3 rings (SSSR count). The van der Waals surface area contributed by atoms with Crippen LogP contribution in [0.4, 0.5) is 17.6 Å². The molecule has 0 fully saturated rings. The normalized spacial score (nSPS) is 10.5. The Labute approximate surface area is 175 Å². The van der Waals surface area contributed by atoms with Gasteiger partial charge in [-0.15, -0.1) is 0 Å². The Morgan fingerprint density at radius 2 is 1.83 bits per heavy atom. The third-order valence-electron chi connectivity index (χ3n) is 4.30. The number of nitrogens with two attached hydrogens (primary N) is 1. The number of rotatable bonds is 9. The van der Waals surface area contributed by atoms with Gasteiger partial charge in [0.25, 0.3) is 0 Å². The number of nitrogen functional groups attached to an aromatic ring is 1. The van der Waals surface area contributed by atoms with E-state index in [9.17, 15) is 4.79 Å². The number of esters is 1. The third-order valence-corrected chi connectivity index (χ3v) is 4.30. The van der Waals surface area contributed by atoms with Crippen LogP contribution in [0.15, 0.2) is 48.5 Å². The molecule has 0 aliphatic heterocycles. The predicted octanol–water partition coefficient (Wildman–Crippen LogP) is 3.58. The van der Waals surface area contributed by atoms with Gasteiger partial charge in [-0.2, -0.15) is 15.0 Å². The van der Waals surface area contributed by atoms with Crippen molar-refractivity contribution in [3.63, 3.8) is 0 Å². The summed E-state index contributed by atoms with van der Waals surface area (Å²) in [5, 5.41) is 3.15. The molecule has 0 bridgehead atoms. The zero-order valence-electron chi connectivity index (χ0n) is 17.1. The first kappa shape index (κ1) is 21.0. The Kier molecular flexibility index (Phi) is 7.15. The molecule has 0 amide bonds. The number of anilines is 3. The zero-order valence-corrected chi connectivity index (χ0v) is 17.1. The van der Waals surface area contributed by atoms with Crippen molar-refractivity contribution in [3.8, 4) is 5.75 Å². The van der Waals surface area contributed by atoms with Crippen LogP contribution in [-0.4, -0.2) is 27.5 Å². The summed E-state index contributed by atoms with van der Waals surface area (Å²) in [7, 11) is 0. The van der Waals surface area contributed by atoms with Crippen molar-refractivity contribution < 1.29 is 14.3 Å². The number of carbonyl (C=O) groups is 1. The van der Waals surface area contributed by atoms with Crippen LogP contribution in [0.3, 0.4) is 0 Å². The minimum Gasteiger partial charge on any atom is -0.493 e. The number of nitrogens with one attached hydrogen (secondary N) is 1. The molecule has 1 aromatic heterocycles. The van der Waals surface area contributed by atoms with Gasteiger partial charge in [0, 0.05) is 5.69 Å². The lowest BCUT2D eigenvalue weighted by Crippen LogP contribution is -2.13. The first-order valence-electron chi connectivity index (χ1n) is 9.74. The highest BCUT2D eigenvalue weighted by molar-refractivity contribution is 5.69. The molecular formula is C22H25N5O3. The summed E-state index contributed by atoms with van der Waals surface area (Å²) in [5.74, 6) is 0.924. The van der Waals surface area contributed by atoms with Crippen LogP contribution in [0.5, 0.6) is 5.75 Å². The van der Waals surface area contributed by atoms with Gasteiger partial charge in [0.05, 0.1) is 13.0 Å². The van der Waals surface area contributed by atoms with E-state index in [2.05, 4.69) is 27.2 Å². The molecule has 0 spiro atoms. The molecule has 3 N–H and O–H groups in total. The second kappa shape index (κ2) is 10.2. The van der Waals surface area contributed by atoms with Crippen molar-refractivity contribution >= 4 is 23.6 Å². The molecule has 30 heavy (non-hydrogen) atoms. The van der Waals surface area contributed by atoms with Gasteiger partial charge < -0.3 is 20.5 Å². The highest BCUT2D eigenvalue weighted by Gasteiger charge is 2.10. The first-order chi connectivity index (χ1) is 14.5. The maximum atomic E-state index is 12.0. The number of para-hydroxylation sites is 1. The molecule has 1 heterocycles. The molecule has 0 aliphatic rings. The van der Waals surface area contributed by atoms with Gasteiger partial charge in [-0.1, -0.05) is 42.8 Å². The van der Waals surface area contributed by atoms with Crippen molar-refractivity contribution in [1.82, 2.24) is 15.0 Å². The molecule has 0 atom stereocenters. The van der Waals surface area contributed by atoms with E-state index in [1.165, 1.54) is 0 Å². The van der Waals surface area contributed by atoms with Crippen LogP contribution in [0.2, 0.25) is 0 Å². The molecule has 2 aromatic carbocycles. The van der Waals surface area contributed by atoms with Crippen LogP contribution < -0.4 is 15.8 Å². The average Bonchev–Trinajstić information content (AvgIpc) is 2.74. The Morgan fingerprint density at radius 3 is 2.60 bits per heavy atom. The summed E-state index contributed by atoms with van der Waals surface area (Å²) in [4.78, 5) is 24.4. The Balaban J connectivity index is 1.52. The fourth-order valence-corrected chi connectivity index (χ4v) is 2.73. The molecule has 3 aromatic rings. The first-order valence-corrected chi connectivity index (χ1v) is 9.74. The van der Waals surface area contributed by atoms with Gasteiger partial charge in [0.2, 0.25) is 11.9 Å². The van der Waals surface area contributed by atoms with Crippen molar-refractivity contribution in [2.24, 2.45) is 0 Å². The summed E-state index contributed by atoms with van der Waals surface area (Å²) < 4.78 is 10.8. The molecule has 0 unspecified atom stereocenters. The van der Waals surface area contributed by atoms with E-state index >= 15 is 0 Å². The second-order valence-electron chi connectivity index (χ2n) is 6.64. The smallest absolute Gasteiger partial charge is 0.309 e. The number of aromatic nitrogens is 3. The molecule has 0 radical (unpaired) electrons. The largest absolute Gasteiger partial charge is 0.493 e. The number of carbonyl (C=O) groups excluding carboxylic acids is 1. The van der Waals surface area contributed by atoms with E-state index in [0.29, 0.717) is 11.7 Å². The average molecular weight is 407 g/mol. The quantitative estimate of drug-likeness (QED) is 0.518. The topological polar surface area (TPSA) is 112 Å². The van der Waals surface area contributed by atoms with Crippen LogP contribution in [0.1, 0.15) is 30.3 Å². The van der Waals surface area contributed by atoms with Crippen molar-refractivity contribution in [2.75, 3.05) is 17.7 Å². The summed E-state index contributed by atoms with van der Waals surface area (Å²) in [5.41, 5.74) is 8.94. The fraction of sp³-hybridized carbons (Fsp3) is 0.273. The SMILES string of the molecule is CCc1ccccc1Nc1nc(N)nc(COC(=O)CCOc2ccc(C)cc2)n1. The van der Waals surface area contributed by atoms with Crippen molar-refractivity contribution in [2.45, 2.75) is 33.3 Å². The van der Waals surface area contributed by atoms with Gasteiger partial charge in [-0.05, 0) is 37.1 Å². The zero-order chi connectivity index (χ0) is 21.3. The highest BCUT2D eigenvalue weighted by atomic mass is 16.5. The van der Waals surface area contributed by atoms with E-state index in [0.717, 1.165) is 23.2 Å². The Hall–Kier alpha value is -3.68. The predicted molar refractivity (Wildman–Crippen MR) is 114 cm³/mol. The molecule has 0 saturated carbocycles. The lowest BCUT2D eigenvalue weighted by Gasteiger charge is -2.11. The number of hydrogen-bond donors (Lipinski definition) is 2. The monoisotopic (exact) mass is 407 g/mol. The van der Waals surface area contributed by atoms with Crippen molar-refractivity contribution in [1.29, 1.82) is 0 Å². The van der Waals surface area contributed by atoms with Crippen LogP contribution in [0.25, 0.3) is 0 Å². The second-order valence-corrected chi connectivity index (χ2v) is 6.64. The molecule has 0 aliphatic carbocycles. The van der Waals surface area contributed by atoms with Gasteiger partial charge in [-0.25, -0.2) is 0 Å². The van der Waals surface area contributed by atoms with Gasteiger partial charge >= 0.3 is 5.97 Å². The molecular weight excluding hydrogens is 382 g/mol. The Bertz CT molecular complexity index is 992. The maximum absolute atomic E-state index is 12.0. The van der Waals surface area contributed by atoms with Gasteiger partial charge in [-0.3, -0.25) is 4.79 Å². The molecule has 0 saturated heterocycles. The van der Waals surface area contributed by atoms with Gasteiger partial charge in [0.1, 0.15) is 5.75 Å². The number of ether oxygens (including phenoxy) is 2. The number of hydrogen-bond acceptors (Lipinski definition) is 8. The van der Waals surface area contributed by atoms with E-state index in [-0.39, 0.29) is 31.4 Å². The highest BCUT2D eigenvalue weighted by Crippen LogP contribution is 2.19. The van der Waals surface area contributed by atoms with Gasteiger partial charge in [0.15, 0.2) is 12.4 Å². The number of aryl methyl sites for hydroxylation is 2. The minimum atomic E-state index is -0.410. The van der Waals surface area contributed by atoms with E-state index in [1.54, 1.807) is 0 Å². The third kappa shape index (κ3) is 6.16. The lowest BCUT2D eigenvalue weighted by atomic mass is 10.1. The summed E-state index contributed by atoms with van der Waals surface area (Å²) >= 11 is 0. The van der Waals surface area contributed by atoms with E-state index < -0.39 is 5.97 Å². The molecule has 156 valence electrons. The fourth-order valence-electron chi connectivity index (χ4n) is 2.73. The summed E-state index contributed by atoms with van der Waals surface area (Å²) in [6.07, 6.45) is 0.974. The van der Waals surface area contributed by atoms with E-state index in [4.69, 9.17) is 15.2 Å². The Morgan fingerprint density at radius 1 is 1.07 bits per heavy atom. The maximum Gasteiger partial charge on any atom is 0.309 e. The molecule has 8 nitrogen and oxygen atoms in total. The van der Waals surface area contributed by atoms with E-state index in [1.807, 2.05) is 55.5 Å². The number of nitrogens with zero attached hydrogens (tertiary/aromatic N) is 3. The van der Waals surface area contributed by atoms with Crippen LogP contribution in [-0.2, 0) is 22.6 Å². The molecule has 8 heteroatoms. The lowest BCUT2D eigenvalue weighted by molar-refractivity contribution is -0.145. The summed E-state index contributed by atoms with van der Waals surface area (Å²) in [6, 6.07) is 15.5. The van der Waals surface area contributed by atoms with Crippen molar-refractivity contribution in [3.05, 3.63) is 65.5 Å². The standard InChI is InChI=1S/C22H25N5O3/c1-3-16-6-4-5-7-18(16)24-22-26-19(25-21(23)27-22)14-30-20(28)12-13-29-17-10-8-15(2)9-11-17/h4-11H,3,12-14H2,1-2H3,(H3,23,24,25,26,27).